The van der Waals surface area contributed by atoms with Gasteiger partial charge in [0.05, 0.1) is 20.4 Å². The summed E-state index contributed by atoms with van der Waals surface area (Å²) in [4.78, 5) is 25.9. The fourth-order valence-electron chi connectivity index (χ4n) is 3.62. The van der Waals surface area contributed by atoms with Gasteiger partial charge in [0.1, 0.15) is 36.0 Å². The summed E-state index contributed by atoms with van der Waals surface area (Å²) in [6.07, 6.45) is 1.42. The number of aromatic nitrogens is 2. The second-order valence-electron chi connectivity index (χ2n) is 8.09. The van der Waals surface area contributed by atoms with E-state index in [0.29, 0.717) is 33.7 Å². The van der Waals surface area contributed by atoms with Gasteiger partial charge in [-0.1, -0.05) is 23.7 Å². The number of fused-ring (bicyclic) bond motifs is 1. The zero-order valence-corrected chi connectivity index (χ0v) is 21.0. The standard InChI is InChI=1S/C28H22ClFN4O4/c1-34(36-2)28(35)26-11-10-24(38-26)18-6-8-23-21(13-18)27(32-16-31-23)33-20-7-9-25(22(29)14-20)37-15-17-4-3-5-19(30)12-17/h3-14,16H,15H2,1-2H3,(H,31,32,33)/i15D2. The van der Waals surface area contributed by atoms with Crippen molar-refractivity contribution in [1.29, 1.82) is 0 Å². The van der Waals surface area contributed by atoms with E-state index in [1.807, 2.05) is 12.1 Å². The average molecular weight is 535 g/mol. The lowest BCUT2D eigenvalue weighted by Crippen LogP contribution is -2.24. The molecule has 2 heterocycles. The minimum atomic E-state index is -2.31. The van der Waals surface area contributed by atoms with Crippen molar-refractivity contribution in [1.82, 2.24) is 15.0 Å². The van der Waals surface area contributed by atoms with Gasteiger partial charge in [-0.2, -0.15) is 0 Å². The number of rotatable bonds is 8. The van der Waals surface area contributed by atoms with Crippen LogP contribution in [0.4, 0.5) is 15.9 Å². The van der Waals surface area contributed by atoms with E-state index >= 15 is 0 Å². The molecule has 0 saturated heterocycles. The Kier molecular flexibility index (Phi) is 6.50. The molecule has 0 unspecified atom stereocenters. The van der Waals surface area contributed by atoms with Crippen LogP contribution in [-0.2, 0) is 11.4 Å². The fraction of sp³-hybridized carbons (Fsp3) is 0.107. The molecule has 0 atom stereocenters. The quantitative estimate of drug-likeness (QED) is 0.223. The molecule has 3 aromatic carbocycles. The van der Waals surface area contributed by atoms with Crippen LogP contribution in [0.25, 0.3) is 22.2 Å². The summed E-state index contributed by atoms with van der Waals surface area (Å²) in [5.74, 6) is 0.166. The fourth-order valence-corrected chi connectivity index (χ4v) is 3.84. The lowest BCUT2D eigenvalue weighted by molar-refractivity contribution is -0.0773. The van der Waals surface area contributed by atoms with Crippen LogP contribution in [0.3, 0.4) is 0 Å². The van der Waals surface area contributed by atoms with Crippen LogP contribution in [0.5, 0.6) is 5.75 Å². The van der Waals surface area contributed by atoms with Gasteiger partial charge in [-0.25, -0.2) is 19.4 Å². The van der Waals surface area contributed by atoms with Crippen LogP contribution in [0.2, 0.25) is 5.02 Å². The van der Waals surface area contributed by atoms with Crippen molar-refractivity contribution in [3.8, 4) is 17.1 Å². The van der Waals surface area contributed by atoms with Crippen molar-refractivity contribution in [3.63, 3.8) is 0 Å². The monoisotopic (exact) mass is 534 g/mol. The smallest absolute Gasteiger partial charge is 0.312 e. The second kappa shape index (κ2) is 10.9. The summed E-state index contributed by atoms with van der Waals surface area (Å²) in [6, 6.07) is 18.6. The number of carbonyl (C=O) groups excluding carboxylic acids is 1. The number of amides is 1. The van der Waals surface area contributed by atoms with Gasteiger partial charge in [-0.15, -0.1) is 0 Å². The van der Waals surface area contributed by atoms with Crippen molar-refractivity contribution in [2.75, 3.05) is 19.5 Å². The maximum Gasteiger partial charge on any atom is 0.312 e. The largest absolute Gasteiger partial charge is 0.487 e. The summed E-state index contributed by atoms with van der Waals surface area (Å²) >= 11 is 6.41. The maximum absolute atomic E-state index is 13.6. The third kappa shape index (κ3) is 5.44. The van der Waals surface area contributed by atoms with E-state index in [0.717, 1.165) is 11.1 Å². The molecule has 0 saturated carbocycles. The van der Waals surface area contributed by atoms with Crippen molar-refractivity contribution >= 4 is 39.9 Å². The van der Waals surface area contributed by atoms with Crippen LogP contribution in [0, 0.1) is 5.82 Å². The molecule has 8 nitrogen and oxygen atoms in total. The number of anilines is 2. The third-order valence-corrected chi connectivity index (χ3v) is 5.89. The molecular weight excluding hydrogens is 511 g/mol. The summed E-state index contributed by atoms with van der Waals surface area (Å²) in [5, 5.41) is 5.08. The molecule has 5 rings (SSSR count). The summed E-state index contributed by atoms with van der Waals surface area (Å²) in [5.41, 5.74) is 1.94. The molecule has 0 radical (unpaired) electrons. The van der Waals surface area contributed by atoms with E-state index in [2.05, 4.69) is 15.3 Å². The zero-order valence-electron chi connectivity index (χ0n) is 22.2. The number of benzene rings is 3. The Balaban J connectivity index is 1.40. The highest BCUT2D eigenvalue weighted by molar-refractivity contribution is 6.32. The molecule has 2 aromatic heterocycles. The zero-order chi connectivity index (χ0) is 28.4. The van der Waals surface area contributed by atoms with Crippen LogP contribution in [0.1, 0.15) is 18.9 Å². The Hall–Kier alpha value is -4.47. The summed E-state index contributed by atoms with van der Waals surface area (Å²) in [7, 11) is 2.87. The first-order valence-electron chi connectivity index (χ1n) is 12.3. The van der Waals surface area contributed by atoms with Gasteiger partial charge in [-0.3, -0.25) is 9.63 Å². The number of hydroxylamine groups is 2. The molecule has 5 aromatic rings. The molecule has 0 bridgehead atoms. The first-order chi connectivity index (χ1) is 19.1. The van der Waals surface area contributed by atoms with Crippen LogP contribution >= 0.6 is 11.6 Å². The minimum Gasteiger partial charge on any atom is -0.487 e. The van der Waals surface area contributed by atoms with Crippen LogP contribution in [-0.4, -0.2) is 35.1 Å². The van der Waals surface area contributed by atoms with Crippen LogP contribution < -0.4 is 10.1 Å². The van der Waals surface area contributed by atoms with Gasteiger partial charge in [0.2, 0.25) is 0 Å². The number of nitrogens with one attached hydrogen (secondary N) is 1. The van der Waals surface area contributed by atoms with Crippen molar-refractivity contribution < 1.29 is 25.9 Å². The normalized spacial score (nSPS) is 12.1. The van der Waals surface area contributed by atoms with E-state index in [1.54, 1.807) is 30.3 Å². The van der Waals surface area contributed by atoms with E-state index in [-0.39, 0.29) is 22.1 Å². The molecule has 10 heteroatoms. The van der Waals surface area contributed by atoms with Gasteiger partial charge in [0.15, 0.2) is 5.76 Å². The Labute approximate surface area is 225 Å². The number of furan rings is 1. The van der Waals surface area contributed by atoms with E-state index in [9.17, 15) is 9.18 Å². The molecule has 0 aliphatic carbocycles. The first kappa shape index (κ1) is 22.7. The SMILES string of the molecule is [2H]C([2H])(Oc1ccc(Nc2ncnc3ccc(-c4ccc(C(=O)N(C)OC)o4)cc23)cc1Cl)c1cccc(F)c1. The molecule has 192 valence electrons. The summed E-state index contributed by atoms with van der Waals surface area (Å²) < 4.78 is 41.3. The molecule has 0 aliphatic rings. The van der Waals surface area contributed by atoms with Gasteiger partial charge in [-0.05, 0) is 66.2 Å². The second-order valence-corrected chi connectivity index (χ2v) is 8.50. The summed E-state index contributed by atoms with van der Waals surface area (Å²) in [6.45, 7) is -2.31. The highest BCUT2D eigenvalue weighted by Crippen LogP contribution is 2.33. The topological polar surface area (TPSA) is 89.7 Å². The molecular formula is C28H22ClFN4O4. The number of ether oxygens (including phenoxy) is 1. The van der Waals surface area contributed by atoms with Crippen LogP contribution in [0.15, 0.2) is 83.5 Å². The lowest BCUT2D eigenvalue weighted by atomic mass is 10.1. The van der Waals surface area contributed by atoms with Gasteiger partial charge >= 0.3 is 5.91 Å². The van der Waals surface area contributed by atoms with E-state index in [4.69, 9.17) is 28.3 Å². The van der Waals surface area contributed by atoms with Crippen molar-refractivity contribution in [2.24, 2.45) is 0 Å². The first-order valence-corrected chi connectivity index (χ1v) is 11.7. The predicted molar refractivity (Wildman–Crippen MR) is 142 cm³/mol. The molecule has 0 fully saturated rings. The van der Waals surface area contributed by atoms with Gasteiger partial charge in [0, 0.05) is 23.7 Å². The molecule has 0 aliphatic heterocycles. The number of hydrogen-bond donors (Lipinski definition) is 1. The maximum atomic E-state index is 13.6. The Morgan fingerprint density at radius 2 is 2.00 bits per heavy atom. The highest BCUT2D eigenvalue weighted by atomic mass is 35.5. The van der Waals surface area contributed by atoms with Gasteiger partial charge in [0.25, 0.3) is 0 Å². The number of hydrogen-bond acceptors (Lipinski definition) is 7. The Morgan fingerprint density at radius 1 is 1.13 bits per heavy atom. The Bertz CT molecular complexity index is 1720. The number of halogens is 2. The molecule has 1 amide bonds. The lowest BCUT2D eigenvalue weighted by Gasteiger charge is -2.12. The predicted octanol–water partition coefficient (Wildman–Crippen LogP) is 6.64. The van der Waals surface area contributed by atoms with Gasteiger partial charge < -0.3 is 14.5 Å². The van der Waals surface area contributed by atoms with E-state index < -0.39 is 18.3 Å². The third-order valence-electron chi connectivity index (χ3n) is 5.59. The molecule has 0 spiro atoms. The average Bonchev–Trinajstić information content (AvgIpc) is 3.44. The highest BCUT2D eigenvalue weighted by Gasteiger charge is 2.17. The Morgan fingerprint density at radius 3 is 2.79 bits per heavy atom. The minimum absolute atomic E-state index is 0.0211. The number of nitrogens with zero attached hydrogens (tertiary/aromatic N) is 3. The molecule has 1 N–H and O–H groups in total. The number of carbonyl (C=O) groups is 1. The molecule has 38 heavy (non-hydrogen) atoms. The van der Waals surface area contributed by atoms with Crippen molar-refractivity contribution in [3.05, 3.63) is 101 Å². The van der Waals surface area contributed by atoms with Crippen molar-refractivity contribution in [2.45, 2.75) is 6.56 Å². The van der Waals surface area contributed by atoms with E-state index in [1.165, 1.54) is 44.8 Å².